The van der Waals surface area contributed by atoms with Crippen molar-refractivity contribution < 1.29 is 65.7 Å². The molecule has 3 nitrogen and oxygen atoms in total. The summed E-state index contributed by atoms with van der Waals surface area (Å²) in [5.74, 6) is 0. The Morgan fingerprint density at radius 3 is 2.31 bits per heavy atom. The van der Waals surface area contributed by atoms with Gasteiger partial charge in [0.2, 0.25) is 0 Å². The fourth-order valence-electron chi connectivity index (χ4n) is 0.926. The van der Waals surface area contributed by atoms with Gasteiger partial charge in [0.25, 0.3) is 0 Å². The van der Waals surface area contributed by atoms with Gasteiger partial charge in [-0.15, -0.1) is 0 Å². The van der Waals surface area contributed by atoms with Gasteiger partial charge in [-0.05, 0) is 13.3 Å². The zero-order valence-corrected chi connectivity index (χ0v) is 12.6. The summed E-state index contributed by atoms with van der Waals surface area (Å²) in [6.45, 7) is 3.21. The fourth-order valence-corrected chi connectivity index (χ4v) is 1.32. The van der Waals surface area contributed by atoms with Crippen LogP contribution in [-0.4, -0.2) is 18.2 Å². The van der Waals surface area contributed by atoms with Crippen LogP contribution in [0.2, 0.25) is 0 Å². The number of hydrogen-bond donors (Lipinski definition) is 0. The Morgan fingerprint density at radius 1 is 1.38 bits per heavy atom. The largest absolute Gasteiger partial charge is 1.00 e. The van der Waals surface area contributed by atoms with Crippen molar-refractivity contribution in [2.75, 3.05) is 0 Å². The molecule has 0 amide bonds. The van der Waals surface area contributed by atoms with Crippen molar-refractivity contribution in [3.63, 3.8) is 0 Å². The second kappa shape index (κ2) is 8.82. The molecule has 0 fully saturated rings. The van der Waals surface area contributed by atoms with E-state index >= 15 is 0 Å². The number of rotatable bonds is 6. The van der Waals surface area contributed by atoms with E-state index in [2.05, 4.69) is 0 Å². The van der Waals surface area contributed by atoms with E-state index in [1.165, 1.54) is 6.92 Å². The van der Waals surface area contributed by atoms with Crippen molar-refractivity contribution >= 4 is 10.1 Å². The van der Waals surface area contributed by atoms with Crippen molar-refractivity contribution in [2.45, 2.75) is 51.2 Å². The molecule has 74 valence electrons. The van der Waals surface area contributed by atoms with E-state index in [1.807, 2.05) is 6.92 Å². The summed E-state index contributed by atoms with van der Waals surface area (Å²) in [6.07, 6.45) is 3.74. The topological polar surface area (TPSA) is 57.2 Å². The van der Waals surface area contributed by atoms with Gasteiger partial charge in [-0.2, -0.15) is 0 Å². The van der Waals surface area contributed by atoms with Gasteiger partial charge in [-0.25, -0.2) is 8.42 Å². The molecule has 0 aliphatic heterocycles. The first kappa shape index (κ1) is 14.5. The quantitative estimate of drug-likeness (QED) is 0.332. The van der Waals surface area contributed by atoms with E-state index in [9.17, 15) is 13.0 Å². The van der Waals surface area contributed by atoms with Crippen LogP contribution in [0.25, 0.3) is 0 Å². The first-order valence-corrected chi connectivity index (χ1v) is 5.67. The molecule has 0 heterocycles. The molecule has 0 spiro atoms. The molecule has 0 aliphatic carbocycles. The molecular weight excluding hydrogens is 215 g/mol. The van der Waals surface area contributed by atoms with E-state index in [4.69, 9.17) is 1.37 Å². The molecular formula is C8H17KO3S. The fraction of sp³-hybridized carbons (Fsp3) is 1.00. The molecule has 0 rings (SSSR count). The Kier molecular flexibility index (Phi) is 9.87. The number of unbranched alkanes of at least 4 members (excludes halogenated alkanes) is 3. The molecule has 0 unspecified atom stereocenters. The summed E-state index contributed by atoms with van der Waals surface area (Å²) in [4.78, 5) is 0. The SMILES string of the molecule is [2H][C@@](C)(CCCCCC)S(=O)(=O)[O-].[K+]. The van der Waals surface area contributed by atoms with E-state index in [1.54, 1.807) is 0 Å². The molecule has 0 aromatic rings. The third-order valence-electron chi connectivity index (χ3n) is 1.81. The molecule has 0 aliphatic rings. The average molecular weight is 233 g/mol. The molecule has 1 atom stereocenters. The minimum atomic E-state index is -4.47. The van der Waals surface area contributed by atoms with Crippen LogP contribution >= 0.6 is 0 Å². The van der Waals surface area contributed by atoms with Gasteiger partial charge < -0.3 is 4.55 Å². The van der Waals surface area contributed by atoms with Crippen LogP contribution in [-0.2, 0) is 10.1 Å². The van der Waals surface area contributed by atoms with Crippen LogP contribution in [0, 0.1) is 0 Å². The molecule has 13 heavy (non-hydrogen) atoms. The van der Waals surface area contributed by atoms with E-state index in [-0.39, 0.29) is 57.8 Å². The van der Waals surface area contributed by atoms with Gasteiger partial charge >= 0.3 is 51.4 Å². The van der Waals surface area contributed by atoms with Crippen molar-refractivity contribution in [1.82, 2.24) is 0 Å². The van der Waals surface area contributed by atoms with Crippen LogP contribution in [0.3, 0.4) is 0 Å². The van der Waals surface area contributed by atoms with Crippen LogP contribution in [0.15, 0.2) is 0 Å². The van der Waals surface area contributed by atoms with Crippen LogP contribution in [0.4, 0.5) is 0 Å². The third-order valence-corrected chi connectivity index (χ3v) is 2.87. The summed E-state index contributed by atoms with van der Waals surface area (Å²) < 4.78 is 39.0. The van der Waals surface area contributed by atoms with E-state index in [0.29, 0.717) is 6.42 Å². The zero-order valence-electron chi connectivity index (χ0n) is 9.67. The van der Waals surface area contributed by atoms with E-state index < -0.39 is 15.3 Å². The van der Waals surface area contributed by atoms with Gasteiger partial charge in [0.05, 0.1) is 10.1 Å². The Balaban J connectivity index is 0. The summed E-state index contributed by atoms with van der Waals surface area (Å²) in [6, 6.07) is 0. The van der Waals surface area contributed by atoms with Crippen LogP contribution < -0.4 is 51.4 Å². The maximum atomic E-state index is 10.6. The summed E-state index contributed by atoms with van der Waals surface area (Å²) in [5, 5.41) is -1.85. The standard InChI is InChI=1S/C8H18O3S.K/c1-3-4-5-6-7-8(2)12(9,10)11;/h8H,3-7H2,1-2H3,(H,9,10,11);/q;+1/p-1/t8-;/m1./s1/i8D;. The summed E-state index contributed by atoms with van der Waals surface area (Å²) in [7, 11) is -4.47. The maximum Gasteiger partial charge on any atom is 1.00 e. The Hall–Kier alpha value is 1.55. The van der Waals surface area contributed by atoms with Crippen molar-refractivity contribution in [3.8, 4) is 0 Å². The minimum Gasteiger partial charge on any atom is -0.748 e. The van der Waals surface area contributed by atoms with Gasteiger partial charge in [0.15, 0.2) is 0 Å². The monoisotopic (exact) mass is 233 g/mol. The Morgan fingerprint density at radius 2 is 1.92 bits per heavy atom. The molecule has 0 aromatic heterocycles. The normalized spacial score (nSPS) is 17.0. The van der Waals surface area contributed by atoms with Crippen molar-refractivity contribution in [1.29, 1.82) is 0 Å². The Labute approximate surface area is 125 Å². The van der Waals surface area contributed by atoms with Gasteiger partial charge in [0, 0.05) is 6.60 Å². The van der Waals surface area contributed by atoms with E-state index in [0.717, 1.165) is 19.3 Å². The molecule has 0 N–H and O–H groups in total. The average Bonchev–Trinajstić information content (AvgIpc) is 1.96. The van der Waals surface area contributed by atoms with Gasteiger partial charge in [-0.1, -0.05) is 32.6 Å². The summed E-state index contributed by atoms with van der Waals surface area (Å²) in [5.41, 5.74) is 0. The first-order chi connectivity index (χ1) is 5.81. The minimum absolute atomic E-state index is 0. The van der Waals surface area contributed by atoms with Crippen molar-refractivity contribution in [2.24, 2.45) is 0 Å². The predicted octanol–water partition coefficient (Wildman–Crippen LogP) is -1.11. The molecule has 0 bridgehead atoms. The van der Waals surface area contributed by atoms with Crippen LogP contribution in [0.5, 0.6) is 0 Å². The summed E-state index contributed by atoms with van der Waals surface area (Å²) >= 11 is 0. The van der Waals surface area contributed by atoms with Gasteiger partial charge in [-0.3, -0.25) is 0 Å². The molecule has 0 saturated carbocycles. The third kappa shape index (κ3) is 9.84. The Bertz CT molecular complexity index is 239. The zero-order chi connectivity index (χ0) is 10.5. The molecule has 0 aromatic carbocycles. The van der Waals surface area contributed by atoms with Gasteiger partial charge in [0.1, 0.15) is 0 Å². The first-order valence-electron chi connectivity index (χ1n) is 4.76. The van der Waals surface area contributed by atoms with Crippen molar-refractivity contribution in [3.05, 3.63) is 0 Å². The number of hydrogen-bond acceptors (Lipinski definition) is 3. The smallest absolute Gasteiger partial charge is 0.748 e. The van der Waals surface area contributed by atoms with Crippen LogP contribution in [0.1, 0.15) is 47.3 Å². The molecule has 5 heteroatoms. The maximum absolute atomic E-state index is 10.6. The molecule has 0 radical (unpaired) electrons. The molecule has 0 saturated heterocycles. The predicted molar refractivity (Wildman–Crippen MR) is 47.9 cm³/mol. The second-order valence-corrected chi connectivity index (χ2v) is 4.57. The second-order valence-electron chi connectivity index (χ2n) is 2.97.